The maximum atomic E-state index is 12.0. The summed E-state index contributed by atoms with van der Waals surface area (Å²) < 4.78 is 5.18. The number of carbonyl (C=O) groups is 1. The van der Waals surface area contributed by atoms with Gasteiger partial charge in [-0.1, -0.05) is 13.8 Å². The number of benzene rings is 1. The number of nitrogens with one attached hydrogen (secondary N) is 2. The van der Waals surface area contributed by atoms with Crippen LogP contribution in [-0.4, -0.2) is 19.1 Å². The second-order valence-corrected chi connectivity index (χ2v) is 4.61. The Kier molecular flexibility index (Phi) is 3.33. The number of amides is 1. The Bertz CT molecular complexity index is 429. The molecule has 4 heteroatoms. The molecule has 0 aliphatic carbocycles. The molecule has 0 bridgehead atoms. The van der Waals surface area contributed by atoms with E-state index < -0.39 is 0 Å². The summed E-state index contributed by atoms with van der Waals surface area (Å²) >= 11 is 0. The fourth-order valence-corrected chi connectivity index (χ4v) is 2.03. The molecule has 1 aliphatic rings. The summed E-state index contributed by atoms with van der Waals surface area (Å²) in [5.41, 5.74) is 1.92. The van der Waals surface area contributed by atoms with Crippen LogP contribution in [0, 0.1) is 5.92 Å². The highest BCUT2D eigenvalue weighted by Crippen LogP contribution is 2.24. The highest BCUT2D eigenvalue weighted by molar-refractivity contribution is 5.96. The van der Waals surface area contributed by atoms with E-state index >= 15 is 0 Å². The lowest BCUT2D eigenvalue weighted by Gasteiger charge is -2.17. The third-order valence-electron chi connectivity index (χ3n) is 3.03. The van der Waals surface area contributed by atoms with Crippen molar-refractivity contribution in [2.45, 2.75) is 26.4 Å². The average molecular weight is 234 g/mol. The van der Waals surface area contributed by atoms with E-state index in [-0.39, 0.29) is 17.9 Å². The monoisotopic (exact) mass is 234 g/mol. The maximum Gasteiger partial charge on any atom is 0.241 e. The maximum absolute atomic E-state index is 12.0. The minimum Gasteiger partial charge on any atom is -0.497 e. The van der Waals surface area contributed by atoms with Gasteiger partial charge in [0.2, 0.25) is 5.91 Å². The molecule has 1 atom stereocenters. The molecule has 2 rings (SSSR count). The van der Waals surface area contributed by atoms with Crippen molar-refractivity contribution in [1.82, 2.24) is 5.32 Å². The molecule has 2 N–H and O–H groups in total. The Balaban J connectivity index is 2.28. The number of hydrogen-bond acceptors (Lipinski definition) is 3. The first-order chi connectivity index (χ1) is 8.11. The Hall–Kier alpha value is -1.55. The van der Waals surface area contributed by atoms with Gasteiger partial charge in [0.15, 0.2) is 0 Å². The molecule has 4 nitrogen and oxygen atoms in total. The Morgan fingerprint density at radius 2 is 2.18 bits per heavy atom. The van der Waals surface area contributed by atoms with Gasteiger partial charge in [-0.05, 0) is 29.7 Å². The van der Waals surface area contributed by atoms with Gasteiger partial charge in [-0.25, -0.2) is 0 Å². The first-order valence-electron chi connectivity index (χ1n) is 5.83. The van der Waals surface area contributed by atoms with Gasteiger partial charge in [-0.15, -0.1) is 0 Å². The summed E-state index contributed by atoms with van der Waals surface area (Å²) in [6.45, 7) is 4.75. The number of hydrogen-bond donors (Lipinski definition) is 2. The lowest BCUT2D eigenvalue weighted by molar-refractivity contribution is -0.119. The molecule has 1 aliphatic heterocycles. The summed E-state index contributed by atoms with van der Waals surface area (Å²) in [5, 5.41) is 6.22. The van der Waals surface area contributed by atoms with Crippen LogP contribution in [0.1, 0.15) is 19.4 Å². The van der Waals surface area contributed by atoms with Gasteiger partial charge in [-0.2, -0.15) is 0 Å². The number of methoxy groups -OCH3 is 1. The minimum atomic E-state index is -0.145. The highest BCUT2D eigenvalue weighted by atomic mass is 16.5. The molecule has 0 aromatic heterocycles. The van der Waals surface area contributed by atoms with Crippen LogP contribution in [0.4, 0.5) is 5.69 Å². The minimum absolute atomic E-state index is 0.0314. The van der Waals surface area contributed by atoms with Crippen LogP contribution < -0.4 is 15.4 Å². The van der Waals surface area contributed by atoms with E-state index in [1.807, 2.05) is 32.0 Å². The standard InChI is InChI=1S/C13H18N2O2/c1-8(2)12-13(16)15-11-5-4-10(17-3)6-9(11)7-14-12/h4-6,8,12,14H,7H2,1-3H3,(H,15,16). The molecule has 1 heterocycles. The number of ether oxygens (including phenoxy) is 1. The molecule has 0 fully saturated rings. The van der Waals surface area contributed by atoms with Gasteiger partial charge < -0.3 is 15.4 Å². The number of anilines is 1. The summed E-state index contributed by atoms with van der Waals surface area (Å²) in [6, 6.07) is 5.55. The number of rotatable bonds is 2. The van der Waals surface area contributed by atoms with Crippen molar-refractivity contribution in [3.05, 3.63) is 23.8 Å². The predicted molar refractivity (Wildman–Crippen MR) is 67.1 cm³/mol. The van der Waals surface area contributed by atoms with Crippen LogP contribution >= 0.6 is 0 Å². The van der Waals surface area contributed by atoms with Gasteiger partial charge in [0.25, 0.3) is 0 Å². The molecule has 0 saturated carbocycles. The highest BCUT2D eigenvalue weighted by Gasteiger charge is 2.25. The molecule has 92 valence electrons. The Morgan fingerprint density at radius 3 is 2.82 bits per heavy atom. The third-order valence-corrected chi connectivity index (χ3v) is 3.03. The van der Waals surface area contributed by atoms with E-state index in [9.17, 15) is 4.79 Å². The van der Waals surface area contributed by atoms with Crippen molar-refractivity contribution in [3.8, 4) is 5.75 Å². The summed E-state index contributed by atoms with van der Waals surface area (Å²) in [6.07, 6.45) is 0. The normalized spacial score (nSPS) is 19.5. The van der Waals surface area contributed by atoms with Crippen molar-refractivity contribution >= 4 is 11.6 Å². The van der Waals surface area contributed by atoms with Crippen LogP contribution in [0.15, 0.2) is 18.2 Å². The van der Waals surface area contributed by atoms with Crippen molar-refractivity contribution in [1.29, 1.82) is 0 Å². The Morgan fingerprint density at radius 1 is 1.41 bits per heavy atom. The van der Waals surface area contributed by atoms with Gasteiger partial charge in [-0.3, -0.25) is 4.79 Å². The van der Waals surface area contributed by atoms with E-state index in [4.69, 9.17) is 4.74 Å². The van der Waals surface area contributed by atoms with Crippen LogP contribution in [0.2, 0.25) is 0 Å². The average Bonchev–Trinajstić information content (AvgIpc) is 2.46. The largest absolute Gasteiger partial charge is 0.497 e. The molecular formula is C13H18N2O2. The van der Waals surface area contributed by atoms with Crippen LogP contribution in [0.25, 0.3) is 0 Å². The van der Waals surface area contributed by atoms with E-state index in [0.717, 1.165) is 17.0 Å². The Labute approximate surface area is 101 Å². The van der Waals surface area contributed by atoms with Crippen LogP contribution in [-0.2, 0) is 11.3 Å². The fraction of sp³-hybridized carbons (Fsp3) is 0.462. The molecule has 1 aromatic rings. The lowest BCUT2D eigenvalue weighted by Crippen LogP contribution is -2.41. The SMILES string of the molecule is COc1ccc2c(c1)CNC(C(C)C)C(=O)N2. The molecule has 1 amide bonds. The van der Waals surface area contributed by atoms with Crippen molar-refractivity contribution < 1.29 is 9.53 Å². The number of fused-ring (bicyclic) bond motifs is 1. The number of carbonyl (C=O) groups excluding carboxylic acids is 1. The topological polar surface area (TPSA) is 50.4 Å². The lowest BCUT2D eigenvalue weighted by atomic mass is 10.0. The molecular weight excluding hydrogens is 216 g/mol. The summed E-state index contributed by atoms with van der Waals surface area (Å²) in [4.78, 5) is 12.0. The van der Waals surface area contributed by atoms with Crippen LogP contribution in [0.3, 0.4) is 0 Å². The molecule has 0 radical (unpaired) electrons. The molecule has 1 aromatic carbocycles. The van der Waals surface area contributed by atoms with E-state index in [0.29, 0.717) is 6.54 Å². The van der Waals surface area contributed by atoms with Crippen molar-refractivity contribution in [2.24, 2.45) is 5.92 Å². The molecule has 1 unspecified atom stereocenters. The zero-order valence-corrected chi connectivity index (χ0v) is 10.4. The second kappa shape index (κ2) is 4.75. The smallest absolute Gasteiger partial charge is 0.241 e. The second-order valence-electron chi connectivity index (χ2n) is 4.61. The van der Waals surface area contributed by atoms with E-state index in [1.54, 1.807) is 7.11 Å². The molecule has 0 saturated heterocycles. The zero-order chi connectivity index (χ0) is 12.4. The third kappa shape index (κ3) is 2.42. The fourth-order valence-electron chi connectivity index (χ4n) is 2.03. The van der Waals surface area contributed by atoms with Crippen molar-refractivity contribution in [3.63, 3.8) is 0 Å². The van der Waals surface area contributed by atoms with Crippen molar-refractivity contribution in [2.75, 3.05) is 12.4 Å². The van der Waals surface area contributed by atoms with Gasteiger partial charge in [0.05, 0.1) is 13.2 Å². The predicted octanol–water partition coefficient (Wildman–Crippen LogP) is 1.76. The summed E-state index contributed by atoms with van der Waals surface area (Å²) in [5.74, 6) is 1.11. The van der Waals surface area contributed by atoms with Crippen LogP contribution in [0.5, 0.6) is 5.75 Å². The van der Waals surface area contributed by atoms with Gasteiger partial charge >= 0.3 is 0 Å². The first kappa shape index (κ1) is 11.9. The van der Waals surface area contributed by atoms with E-state index in [1.165, 1.54) is 0 Å². The quantitative estimate of drug-likeness (QED) is 0.819. The van der Waals surface area contributed by atoms with E-state index in [2.05, 4.69) is 10.6 Å². The zero-order valence-electron chi connectivity index (χ0n) is 10.4. The molecule has 0 spiro atoms. The van der Waals surface area contributed by atoms with Gasteiger partial charge in [0.1, 0.15) is 5.75 Å². The van der Waals surface area contributed by atoms with Gasteiger partial charge in [0, 0.05) is 12.2 Å². The summed E-state index contributed by atoms with van der Waals surface area (Å²) in [7, 11) is 1.64. The first-order valence-corrected chi connectivity index (χ1v) is 5.83. The molecule has 17 heavy (non-hydrogen) atoms.